The van der Waals surface area contributed by atoms with E-state index < -0.39 is 0 Å². The van der Waals surface area contributed by atoms with Gasteiger partial charge in [0.2, 0.25) is 0 Å². The summed E-state index contributed by atoms with van der Waals surface area (Å²) in [5.41, 5.74) is 6.85. The third kappa shape index (κ3) is 3.21. The van der Waals surface area contributed by atoms with Crippen molar-refractivity contribution in [3.63, 3.8) is 0 Å². The highest BCUT2D eigenvalue weighted by Gasteiger charge is 2.40. The molecule has 2 aliphatic carbocycles. The summed E-state index contributed by atoms with van der Waals surface area (Å²) in [7, 11) is 0. The Morgan fingerprint density at radius 2 is 2.00 bits per heavy atom. The van der Waals surface area contributed by atoms with Crippen molar-refractivity contribution in [2.24, 2.45) is 17.1 Å². The molecule has 0 heterocycles. The Morgan fingerprint density at radius 3 is 2.62 bits per heavy atom. The van der Waals surface area contributed by atoms with Crippen molar-refractivity contribution in [1.82, 2.24) is 5.32 Å². The molecule has 2 heteroatoms. The smallest absolute Gasteiger partial charge is 0.00792 e. The second-order valence-electron chi connectivity index (χ2n) is 6.09. The van der Waals surface area contributed by atoms with Crippen LogP contribution in [-0.4, -0.2) is 19.1 Å². The molecule has 0 saturated heterocycles. The molecule has 2 atom stereocenters. The minimum atomic E-state index is 0.461. The van der Waals surface area contributed by atoms with Gasteiger partial charge in [0.1, 0.15) is 0 Å². The molecular formula is C14H28N2. The Labute approximate surface area is 100 Å². The van der Waals surface area contributed by atoms with Crippen LogP contribution in [0.2, 0.25) is 0 Å². The second-order valence-corrected chi connectivity index (χ2v) is 6.09. The van der Waals surface area contributed by atoms with Crippen LogP contribution in [0, 0.1) is 11.3 Å². The van der Waals surface area contributed by atoms with E-state index in [4.69, 9.17) is 5.73 Å². The highest BCUT2D eigenvalue weighted by Crippen LogP contribution is 2.48. The molecule has 0 bridgehead atoms. The molecule has 0 aromatic rings. The molecular weight excluding hydrogens is 196 g/mol. The van der Waals surface area contributed by atoms with E-state index in [1.54, 1.807) is 0 Å². The Balaban J connectivity index is 1.63. The number of hydrogen-bond donors (Lipinski definition) is 2. The number of rotatable bonds is 6. The Kier molecular flexibility index (Phi) is 4.26. The maximum absolute atomic E-state index is 6.16. The monoisotopic (exact) mass is 224 g/mol. The van der Waals surface area contributed by atoms with E-state index >= 15 is 0 Å². The topological polar surface area (TPSA) is 38.0 Å². The average molecular weight is 224 g/mol. The van der Waals surface area contributed by atoms with Gasteiger partial charge in [-0.2, -0.15) is 0 Å². The molecule has 94 valence electrons. The molecule has 0 aromatic heterocycles. The molecule has 2 rings (SSSR count). The Morgan fingerprint density at radius 1 is 1.25 bits per heavy atom. The van der Waals surface area contributed by atoms with Crippen LogP contribution in [0.25, 0.3) is 0 Å². The fraction of sp³-hybridized carbons (Fsp3) is 1.00. The SMILES string of the molecule is CCCC1(CNCC2CCCCC2N)CC1. The van der Waals surface area contributed by atoms with Crippen LogP contribution in [-0.2, 0) is 0 Å². The summed E-state index contributed by atoms with van der Waals surface area (Å²) >= 11 is 0. The van der Waals surface area contributed by atoms with Crippen LogP contribution >= 0.6 is 0 Å². The molecule has 2 fully saturated rings. The van der Waals surface area contributed by atoms with Crippen molar-refractivity contribution < 1.29 is 0 Å². The van der Waals surface area contributed by atoms with Crippen LogP contribution in [0.4, 0.5) is 0 Å². The van der Waals surface area contributed by atoms with Gasteiger partial charge in [0, 0.05) is 12.6 Å². The molecule has 0 aromatic carbocycles. The summed E-state index contributed by atoms with van der Waals surface area (Å²) in [6.07, 6.45) is 11.0. The Hall–Kier alpha value is -0.0800. The van der Waals surface area contributed by atoms with Gasteiger partial charge in [0.15, 0.2) is 0 Å². The number of nitrogens with one attached hydrogen (secondary N) is 1. The number of nitrogens with two attached hydrogens (primary N) is 1. The van der Waals surface area contributed by atoms with Gasteiger partial charge in [-0.25, -0.2) is 0 Å². The van der Waals surface area contributed by atoms with Crippen LogP contribution in [0.3, 0.4) is 0 Å². The van der Waals surface area contributed by atoms with Gasteiger partial charge in [-0.3, -0.25) is 0 Å². The summed E-state index contributed by atoms with van der Waals surface area (Å²) in [5, 5.41) is 3.69. The molecule has 0 radical (unpaired) electrons. The van der Waals surface area contributed by atoms with E-state index in [0.29, 0.717) is 11.5 Å². The van der Waals surface area contributed by atoms with Gasteiger partial charge in [-0.15, -0.1) is 0 Å². The molecule has 0 amide bonds. The third-order valence-electron chi connectivity index (χ3n) is 4.61. The van der Waals surface area contributed by atoms with Crippen LogP contribution < -0.4 is 11.1 Å². The van der Waals surface area contributed by atoms with Crippen LogP contribution in [0.15, 0.2) is 0 Å². The van der Waals surface area contributed by atoms with Crippen molar-refractivity contribution in [3.05, 3.63) is 0 Å². The molecule has 2 unspecified atom stereocenters. The van der Waals surface area contributed by atoms with Gasteiger partial charge in [-0.1, -0.05) is 26.2 Å². The first kappa shape index (κ1) is 12.4. The molecule has 0 spiro atoms. The van der Waals surface area contributed by atoms with E-state index in [0.717, 1.165) is 12.5 Å². The van der Waals surface area contributed by atoms with Gasteiger partial charge in [-0.05, 0) is 50.0 Å². The van der Waals surface area contributed by atoms with E-state index in [1.165, 1.54) is 57.9 Å². The van der Waals surface area contributed by atoms with Gasteiger partial charge in [0.05, 0.1) is 0 Å². The summed E-state index contributed by atoms with van der Waals surface area (Å²) in [4.78, 5) is 0. The second kappa shape index (κ2) is 5.50. The lowest BCUT2D eigenvalue weighted by Gasteiger charge is -2.29. The van der Waals surface area contributed by atoms with Crippen molar-refractivity contribution in [1.29, 1.82) is 0 Å². The van der Waals surface area contributed by atoms with E-state index in [2.05, 4.69) is 12.2 Å². The van der Waals surface area contributed by atoms with Gasteiger partial charge < -0.3 is 11.1 Å². The maximum atomic E-state index is 6.16. The highest BCUT2D eigenvalue weighted by molar-refractivity contribution is 4.94. The zero-order chi connectivity index (χ0) is 11.4. The first-order chi connectivity index (χ1) is 7.76. The summed E-state index contributed by atoms with van der Waals surface area (Å²) in [6, 6.07) is 0.461. The quantitative estimate of drug-likeness (QED) is 0.728. The predicted octanol–water partition coefficient (Wildman–Crippen LogP) is 2.67. The standard InChI is InChI=1S/C14H28N2/c1-2-7-14(8-9-14)11-16-10-12-5-3-4-6-13(12)15/h12-13,16H,2-11,15H2,1H3. The van der Waals surface area contributed by atoms with Crippen LogP contribution in [0.1, 0.15) is 58.3 Å². The van der Waals surface area contributed by atoms with Gasteiger partial charge >= 0.3 is 0 Å². The lowest BCUT2D eigenvalue weighted by molar-refractivity contribution is 0.286. The summed E-state index contributed by atoms with van der Waals surface area (Å²) in [6.45, 7) is 4.70. The largest absolute Gasteiger partial charge is 0.327 e. The van der Waals surface area contributed by atoms with E-state index in [-0.39, 0.29) is 0 Å². The highest BCUT2D eigenvalue weighted by atomic mass is 14.9. The van der Waals surface area contributed by atoms with Crippen molar-refractivity contribution in [3.8, 4) is 0 Å². The lowest BCUT2D eigenvalue weighted by Crippen LogP contribution is -2.40. The van der Waals surface area contributed by atoms with Crippen molar-refractivity contribution in [2.75, 3.05) is 13.1 Å². The number of hydrogen-bond acceptors (Lipinski definition) is 2. The summed E-state index contributed by atoms with van der Waals surface area (Å²) < 4.78 is 0. The van der Waals surface area contributed by atoms with Crippen molar-refractivity contribution >= 4 is 0 Å². The normalized spacial score (nSPS) is 32.6. The van der Waals surface area contributed by atoms with Gasteiger partial charge in [0.25, 0.3) is 0 Å². The lowest BCUT2D eigenvalue weighted by atomic mass is 9.85. The third-order valence-corrected chi connectivity index (χ3v) is 4.61. The van der Waals surface area contributed by atoms with E-state index in [9.17, 15) is 0 Å². The molecule has 2 nitrogen and oxygen atoms in total. The zero-order valence-corrected chi connectivity index (χ0v) is 10.8. The maximum Gasteiger partial charge on any atom is 0.00792 e. The van der Waals surface area contributed by atoms with Crippen LogP contribution in [0.5, 0.6) is 0 Å². The first-order valence-electron chi connectivity index (χ1n) is 7.22. The molecule has 2 saturated carbocycles. The zero-order valence-electron chi connectivity index (χ0n) is 10.8. The molecule has 16 heavy (non-hydrogen) atoms. The minimum absolute atomic E-state index is 0.461. The molecule has 0 aliphatic heterocycles. The minimum Gasteiger partial charge on any atom is -0.327 e. The summed E-state index contributed by atoms with van der Waals surface area (Å²) in [5.74, 6) is 0.742. The predicted molar refractivity (Wildman–Crippen MR) is 69.4 cm³/mol. The van der Waals surface area contributed by atoms with Crippen molar-refractivity contribution in [2.45, 2.75) is 64.3 Å². The fourth-order valence-electron chi connectivity index (χ4n) is 3.23. The first-order valence-corrected chi connectivity index (χ1v) is 7.22. The average Bonchev–Trinajstić information content (AvgIpc) is 3.02. The fourth-order valence-corrected chi connectivity index (χ4v) is 3.23. The van der Waals surface area contributed by atoms with E-state index in [1.807, 2.05) is 0 Å². The Bertz CT molecular complexity index is 211. The molecule has 3 N–H and O–H groups in total. The molecule has 2 aliphatic rings.